The molecule has 206 valence electrons. The van der Waals surface area contributed by atoms with E-state index in [0.29, 0.717) is 17.5 Å². The lowest BCUT2D eigenvalue weighted by Gasteiger charge is -2.16. The van der Waals surface area contributed by atoms with Gasteiger partial charge in [0, 0.05) is 36.1 Å². The van der Waals surface area contributed by atoms with Gasteiger partial charge in [0.2, 0.25) is 0 Å². The smallest absolute Gasteiger partial charge is 0.338 e. The quantitative estimate of drug-likeness (QED) is 0.285. The second kappa shape index (κ2) is 14.1. The molecule has 1 heterocycles. The molecule has 2 amide bonds. The Bertz CT molecular complexity index is 1280. The summed E-state index contributed by atoms with van der Waals surface area (Å²) >= 11 is 0. The monoisotopic (exact) mass is 535 g/mol. The van der Waals surface area contributed by atoms with E-state index in [1.54, 1.807) is 30.5 Å². The Morgan fingerprint density at radius 2 is 1.56 bits per heavy atom. The molecule has 6 nitrogen and oxygen atoms in total. The number of hydrogen-bond donors (Lipinski definition) is 3. The van der Waals surface area contributed by atoms with E-state index < -0.39 is 23.2 Å². The number of carbonyl (C=O) groups excluding carboxylic acids is 1. The number of allylic oxidation sites excluding steroid dienone is 1. The van der Waals surface area contributed by atoms with Crippen molar-refractivity contribution in [2.75, 3.05) is 23.7 Å². The SMILES string of the molecule is CC(C)c1ccc(NC(=O)N2CCCC2)cc1.CC/C=C\Nc1ccc(-c2cc(C(=O)O)c(F)cc2F)cc1. The van der Waals surface area contributed by atoms with Gasteiger partial charge in [-0.25, -0.2) is 18.4 Å². The molecule has 0 spiro atoms. The molecule has 3 aromatic rings. The van der Waals surface area contributed by atoms with Gasteiger partial charge in [-0.2, -0.15) is 0 Å². The highest BCUT2D eigenvalue weighted by Crippen LogP contribution is 2.27. The van der Waals surface area contributed by atoms with E-state index in [1.165, 1.54) is 5.56 Å². The lowest BCUT2D eigenvalue weighted by atomic mass is 10.0. The number of benzene rings is 3. The van der Waals surface area contributed by atoms with Gasteiger partial charge < -0.3 is 20.6 Å². The zero-order chi connectivity index (χ0) is 28.4. The number of amides is 2. The largest absolute Gasteiger partial charge is 0.478 e. The van der Waals surface area contributed by atoms with Gasteiger partial charge in [-0.15, -0.1) is 0 Å². The van der Waals surface area contributed by atoms with Gasteiger partial charge in [0.05, 0.1) is 5.56 Å². The molecule has 1 saturated heterocycles. The summed E-state index contributed by atoms with van der Waals surface area (Å²) in [6.45, 7) is 8.11. The number of likely N-dealkylation sites (tertiary alicyclic amines) is 1. The number of urea groups is 1. The molecule has 0 unspecified atom stereocenters. The zero-order valence-corrected chi connectivity index (χ0v) is 22.5. The summed E-state index contributed by atoms with van der Waals surface area (Å²) in [4.78, 5) is 24.7. The van der Waals surface area contributed by atoms with Gasteiger partial charge in [-0.3, -0.25) is 0 Å². The first-order valence-electron chi connectivity index (χ1n) is 13.1. The fourth-order valence-corrected chi connectivity index (χ4v) is 4.03. The molecule has 0 bridgehead atoms. The molecule has 0 aliphatic carbocycles. The van der Waals surface area contributed by atoms with Crippen LogP contribution in [0.3, 0.4) is 0 Å². The van der Waals surface area contributed by atoms with E-state index in [2.05, 4.69) is 36.6 Å². The summed E-state index contributed by atoms with van der Waals surface area (Å²) in [5.41, 5.74) is 2.97. The Hall–Kier alpha value is -4.20. The van der Waals surface area contributed by atoms with Crippen molar-refractivity contribution < 1.29 is 23.5 Å². The highest BCUT2D eigenvalue weighted by Gasteiger charge is 2.18. The van der Waals surface area contributed by atoms with Crippen molar-refractivity contribution in [1.82, 2.24) is 4.90 Å². The zero-order valence-electron chi connectivity index (χ0n) is 22.5. The molecule has 39 heavy (non-hydrogen) atoms. The second-order valence-electron chi connectivity index (χ2n) is 9.55. The molecule has 0 saturated carbocycles. The van der Waals surface area contributed by atoms with Gasteiger partial charge in [0.25, 0.3) is 0 Å². The molecule has 3 N–H and O–H groups in total. The minimum atomic E-state index is -1.43. The predicted molar refractivity (Wildman–Crippen MR) is 152 cm³/mol. The molecule has 1 aliphatic heterocycles. The Labute approximate surface area is 228 Å². The van der Waals surface area contributed by atoms with Crippen LogP contribution in [0, 0.1) is 11.6 Å². The first-order valence-corrected chi connectivity index (χ1v) is 13.1. The minimum Gasteiger partial charge on any atom is -0.478 e. The van der Waals surface area contributed by atoms with Gasteiger partial charge in [0.15, 0.2) is 0 Å². The maximum absolute atomic E-state index is 13.9. The average Bonchev–Trinajstić information content (AvgIpc) is 3.45. The number of anilines is 2. The van der Waals surface area contributed by atoms with Crippen molar-refractivity contribution in [3.8, 4) is 11.1 Å². The van der Waals surface area contributed by atoms with E-state index in [9.17, 15) is 18.4 Å². The molecular weight excluding hydrogens is 500 g/mol. The van der Waals surface area contributed by atoms with Gasteiger partial charge in [-0.1, -0.05) is 51.1 Å². The van der Waals surface area contributed by atoms with E-state index in [4.69, 9.17) is 5.11 Å². The molecule has 8 heteroatoms. The van der Waals surface area contributed by atoms with Crippen LogP contribution < -0.4 is 10.6 Å². The van der Waals surface area contributed by atoms with Crippen LogP contribution in [0.15, 0.2) is 72.9 Å². The third kappa shape index (κ3) is 8.40. The Morgan fingerprint density at radius 1 is 0.949 bits per heavy atom. The van der Waals surface area contributed by atoms with Crippen molar-refractivity contribution in [3.63, 3.8) is 0 Å². The lowest BCUT2D eigenvalue weighted by molar-refractivity contribution is 0.0691. The number of halogens is 2. The van der Waals surface area contributed by atoms with E-state index in [1.807, 2.05) is 30.0 Å². The Morgan fingerprint density at radius 3 is 2.13 bits per heavy atom. The molecule has 1 aliphatic rings. The van der Waals surface area contributed by atoms with Gasteiger partial charge in [0.1, 0.15) is 11.6 Å². The molecule has 3 aromatic carbocycles. The number of nitrogens with zero attached hydrogens (tertiary/aromatic N) is 1. The third-order valence-electron chi connectivity index (χ3n) is 6.31. The van der Waals surface area contributed by atoms with Gasteiger partial charge in [-0.05, 0) is 72.8 Å². The molecule has 1 fully saturated rings. The predicted octanol–water partition coefficient (Wildman–Crippen LogP) is 8.10. The van der Waals surface area contributed by atoms with Crippen LogP contribution in [0.5, 0.6) is 0 Å². The molecule has 4 rings (SSSR count). The topological polar surface area (TPSA) is 81.7 Å². The summed E-state index contributed by atoms with van der Waals surface area (Å²) in [6, 6.07) is 16.5. The summed E-state index contributed by atoms with van der Waals surface area (Å²) in [5, 5.41) is 14.9. The van der Waals surface area contributed by atoms with Crippen molar-refractivity contribution in [1.29, 1.82) is 0 Å². The number of carbonyl (C=O) groups is 2. The van der Waals surface area contributed by atoms with Crippen LogP contribution in [0.4, 0.5) is 25.0 Å². The van der Waals surface area contributed by atoms with Crippen LogP contribution in [0.1, 0.15) is 61.9 Å². The van der Waals surface area contributed by atoms with E-state index in [-0.39, 0.29) is 11.6 Å². The summed E-state index contributed by atoms with van der Waals surface area (Å²) in [7, 11) is 0. The summed E-state index contributed by atoms with van der Waals surface area (Å²) in [6.07, 6.45) is 6.91. The number of hydrogen-bond acceptors (Lipinski definition) is 3. The van der Waals surface area contributed by atoms with Crippen molar-refractivity contribution in [2.24, 2.45) is 0 Å². The van der Waals surface area contributed by atoms with Gasteiger partial charge >= 0.3 is 12.0 Å². The molecular formula is C31H35F2N3O3. The van der Waals surface area contributed by atoms with Crippen molar-refractivity contribution >= 4 is 23.4 Å². The van der Waals surface area contributed by atoms with Crippen LogP contribution in [-0.4, -0.2) is 35.1 Å². The number of aromatic carboxylic acids is 1. The first-order chi connectivity index (χ1) is 18.7. The standard InChI is InChI=1S/C17H15F2NO2.C14H20N2O/c1-2-3-8-20-12-6-4-11(5-7-12)13-9-14(17(21)22)16(19)10-15(13)18;1-11(2)12-5-7-13(8-6-12)15-14(17)16-9-3-4-10-16/h3-10,20H,2H2,1H3,(H,21,22);5-8,11H,3-4,9-10H2,1-2H3,(H,15,17)/b8-3-;. The fraction of sp³-hybridized carbons (Fsp3) is 0.290. The van der Waals surface area contributed by atoms with Crippen LogP contribution in [0.2, 0.25) is 0 Å². The highest BCUT2D eigenvalue weighted by molar-refractivity contribution is 5.90. The maximum Gasteiger partial charge on any atom is 0.338 e. The van der Waals surface area contributed by atoms with E-state index in [0.717, 1.165) is 49.8 Å². The normalized spacial score (nSPS) is 12.8. The average molecular weight is 536 g/mol. The molecule has 0 radical (unpaired) electrons. The lowest BCUT2D eigenvalue weighted by Crippen LogP contribution is -2.32. The number of carboxylic acid groups (broad SMARTS) is 1. The number of carboxylic acids is 1. The fourth-order valence-electron chi connectivity index (χ4n) is 4.03. The summed E-state index contributed by atoms with van der Waals surface area (Å²) in [5.74, 6) is -2.79. The van der Waals surface area contributed by atoms with Crippen LogP contribution >= 0.6 is 0 Å². The molecule has 0 aromatic heterocycles. The number of rotatable bonds is 7. The van der Waals surface area contributed by atoms with Crippen molar-refractivity contribution in [3.05, 3.63) is 95.7 Å². The second-order valence-corrected chi connectivity index (χ2v) is 9.55. The molecule has 0 atom stereocenters. The summed E-state index contributed by atoms with van der Waals surface area (Å²) < 4.78 is 27.3. The minimum absolute atomic E-state index is 0.0276. The third-order valence-corrected chi connectivity index (χ3v) is 6.31. The van der Waals surface area contributed by atoms with Crippen LogP contribution in [-0.2, 0) is 0 Å². The van der Waals surface area contributed by atoms with Crippen molar-refractivity contribution in [2.45, 2.75) is 46.0 Å². The van der Waals surface area contributed by atoms with E-state index >= 15 is 0 Å². The van der Waals surface area contributed by atoms with Crippen LogP contribution in [0.25, 0.3) is 11.1 Å². The Balaban J connectivity index is 0.000000223. The Kier molecular flexibility index (Phi) is 10.6. The highest BCUT2D eigenvalue weighted by atomic mass is 19.1. The maximum atomic E-state index is 13.9. The first kappa shape index (κ1) is 29.4. The number of nitrogens with one attached hydrogen (secondary N) is 2.